The molecule has 136 heavy (non-hydrogen) atoms. The Labute approximate surface area is 799 Å². The zero-order valence-electron chi connectivity index (χ0n) is 77.8. The number of hydrogen-bond acceptors (Lipinski definition) is 22. The van der Waals surface area contributed by atoms with Gasteiger partial charge in [0, 0.05) is 125 Å². The van der Waals surface area contributed by atoms with E-state index in [4.69, 9.17) is 38.9 Å². The van der Waals surface area contributed by atoms with Gasteiger partial charge in [0.15, 0.2) is 0 Å². The van der Waals surface area contributed by atoms with Gasteiger partial charge in [0.2, 0.25) is 23.8 Å². The van der Waals surface area contributed by atoms with Gasteiger partial charge in [0.25, 0.3) is 0 Å². The fourth-order valence-electron chi connectivity index (χ4n) is 18.3. The van der Waals surface area contributed by atoms with Crippen LogP contribution >= 0.6 is 0 Å². The zero-order valence-corrected chi connectivity index (χ0v) is 77.8. The van der Waals surface area contributed by atoms with Crippen molar-refractivity contribution in [3.8, 4) is 68.3 Å². The highest BCUT2D eigenvalue weighted by molar-refractivity contribution is 5.63. The highest BCUT2D eigenvalue weighted by Gasteiger charge is 2.31. The molecule has 0 amide bonds. The number of halogens is 2. The molecule has 18 rings (SSSR count). The molecule has 12 heterocycles. The number of aryl methyl sites for hydroxylation is 2. The Balaban J connectivity index is 0.000000172. The van der Waals surface area contributed by atoms with Gasteiger partial charge in [-0.25, -0.2) is 67.8 Å². The van der Waals surface area contributed by atoms with Crippen molar-refractivity contribution >= 4 is 23.8 Å². The molecule has 4 aromatic carbocycles. The Morgan fingerprint density at radius 2 is 0.699 bits per heavy atom. The molecule has 8 aromatic heterocycles. The third-order valence-corrected chi connectivity index (χ3v) is 26.0. The molecule has 4 saturated heterocycles. The number of rotatable bonds is 26. The van der Waals surface area contributed by atoms with Gasteiger partial charge < -0.3 is 50.0 Å². The second kappa shape index (κ2) is 49.7. The average Bonchev–Trinajstić information content (AvgIpc) is 1.64. The number of anilines is 4. The fraction of sp³-hybridized carbons (Fsp3) is 0.500. The molecule has 2 saturated carbocycles. The number of hydrogen-bond donors (Lipinski definition) is 4. The summed E-state index contributed by atoms with van der Waals surface area (Å²) >= 11 is 0. The Kier molecular flexibility index (Phi) is 38.2. The van der Waals surface area contributed by atoms with Crippen LogP contribution in [0.4, 0.5) is 32.6 Å². The lowest BCUT2D eigenvalue weighted by atomic mass is 9.87. The molecule has 2 atom stereocenters. The maximum absolute atomic E-state index is 14.1. The Morgan fingerprint density at radius 1 is 0.382 bits per heavy atom. The molecule has 0 radical (unpaired) electrons. The lowest BCUT2D eigenvalue weighted by Crippen LogP contribution is -2.37. The van der Waals surface area contributed by atoms with Crippen molar-refractivity contribution in [3.05, 3.63) is 236 Å². The standard InChI is InChI=1S/C26H35N5O2.C25H32FN5O2.C25H32N6O2.C24H29FN6O2.4CH4/c1-5-33-17-20(4)30-16-24(31(26(30)32)22-8-6-7-19(3)15-22)23-13-14-27-25(29-23)28-21-11-9-18(2)10-12-21;1-4-33-16-18(3)30-15-23(31(25(30)32)21-11-7-19(26)8-12-21)22-13-14-27-24(29-22)28-20-9-5-17(2)6-10-20;1-18-4-3-5-21(16-18)31-23(17-30(25(31)32)20-9-14-33-15-10-20)22-6-11-26-24(28-22)27-19-7-12-29(2)13-8-19;1-29-11-6-18(7-12-29)27-23-26-10-5-21(28-23)22-16-30(19-8-13-33-14-9-19)24(32)31(22)20-4-2-3-17(25)15-20;;;;/h6-8,13-16,18,20-21H,5,9-12,17H2,1-4H3,(H,27,28,29);7-8,11-15,17-18,20H,4-6,9-10,16H2,1-3H3,(H,27,28,29);3-6,11,16-17,19-20H,7-10,12-15H2,1-2H3,(H,26,27,28);2-5,10,15-16,18-19H,6-9,11-14H2,1H3,(H,26,27,28);4*1H4. The van der Waals surface area contributed by atoms with Gasteiger partial charge in [-0.15, -0.1) is 0 Å². The summed E-state index contributed by atoms with van der Waals surface area (Å²) in [4.78, 5) is 95.6. The second-order valence-corrected chi connectivity index (χ2v) is 36.2. The maximum atomic E-state index is 14.1. The van der Waals surface area contributed by atoms with Crippen molar-refractivity contribution in [2.24, 2.45) is 11.8 Å². The normalized spacial score (nSPS) is 18.4. The van der Waals surface area contributed by atoms with Crippen LogP contribution in [0, 0.1) is 37.3 Å². The molecule has 0 bridgehead atoms. The number of benzene rings is 4. The molecular weight excluding hydrogens is 1720 g/mol. The molecule has 2 aliphatic carbocycles. The second-order valence-electron chi connectivity index (χ2n) is 36.2. The highest BCUT2D eigenvalue weighted by atomic mass is 19.1. The summed E-state index contributed by atoms with van der Waals surface area (Å²) < 4.78 is 63.4. The van der Waals surface area contributed by atoms with E-state index in [2.05, 4.69) is 78.9 Å². The Morgan fingerprint density at radius 3 is 1.04 bits per heavy atom. The first-order valence-electron chi connectivity index (χ1n) is 47.2. The minimum absolute atomic E-state index is 0. The minimum atomic E-state index is -0.392. The summed E-state index contributed by atoms with van der Waals surface area (Å²) in [6.45, 7) is 25.4. The van der Waals surface area contributed by atoms with Crippen LogP contribution in [0.5, 0.6) is 0 Å². The van der Waals surface area contributed by atoms with Crippen LogP contribution in [-0.4, -0.2) is 204 Å². The predicted octanol–water partition coefficient (Wildman–Crippen LogP) is 18.7. The van der Waals surface area contributed by atoms with Gasteiger partial charge in [0.1, 0.15) is 11.6 Å². The van der Waals surface area contributed by atoms with E-state index in [0.717, 1.165) is 160 Å². The van der Waals surface area contributed by atoms with Gasteiger partial charge in [-0.1, -0.05) is 73.9 Å². The van der Waals surface area contributed by atoms with Gasteiger partial charge in [-0.2, -0.15) is 0 Å². The van der Waals surface area contributed by atoms with Crippen LogP contribution in [0.2, 0.25) is 0 Å². The monoisotopic (exact) mass is 1870 g/mol. The van der Waals surface area contributed by atoms with Crippen molar-refractivity contribution < 1.29 is 27.7 Å². The van der Waals surface area contributed by atoms with Crippen LogP contribution < -0.4 is 44.0 Å². The number of aromatic nitrogens is 16. The molecule has 30 nitrogen and oxygen atoms in total. The van der Waals surface area contributed by atoms with E-state index < -0.39 is 5.82 Å². The zero-order chi connectivity index (χ0) is 92.3. The summed E-state index contributed by atoms with van der Waals surface area (Å²) in [6, 6.07) is 36.7. The molecule has 0 spiro atoms. The van der Waals surface area contributed by atoms with E-state index in [1.165, 1.54) is 49.9 Å². The van der Waals surface area contributed by atoms with Crippen molar-refractivity contribution in [1.29, 1.82) is 0 Å². The molecule has 12 aromatic rings. The largest absolute Gasteiger partial charge is 0.381 e. The third kappa shape index (κ3) is 26.5. The molecule has 6 aliphatic rings. The summed E-state index contributed by atoms with van der Waals surface area (Å²) in [5.41, 5.74) is 9.84. The topological polar surface area (TPSA) is 302 Å². The number of nitrogens with one attached hydrogen (secondary N) is 4. The summed E-state index contributed by atoms with van der Waals surface area (Å²) in [5, 5.41) is 13.9. The molecule has 732 valence electrons. The number of piperidine rings is 2. The number of likely N-dealkylation sites (tertiary alicyclic amines) is 2. The van der Waals surface area contributed by atoms with Crippen molar-refractivity contribution in [2.45, 2.75) is 236 Å². The van der Waals surface area contributed by atoms with Crippen molar-refractivity contribution in [1.82, 2.24) is 86.2 Å². The first-order chi connectivity index (χ1) is 64.1. The first-order valence-corrected chi connectivity index (χ1v) is 47.2. The van der Waals surface area contributed by atoms with Gasteiger partial charge in [0.05, 0.1) is 93.6 Å². The lowest BCUT2D eigenvalue weighted by Gasteiger charge is -2.29. The number of ether oxygens (including phenoxy) is 4. The number of nitrogens with zero attached hydrogens (tertiary/aromatic N) is 18. The fourth-order valence-corrected chi connectivity index (χ4v) is 18.3. The SMILES string of the molecule is C.C.C.C.CCOCC(C)n1cc(-c2ccnc(NC3CCC(C)CC3)n2)n(-c2ccc(F)cc2)c1=O.CCOCC(C)n1cc(-c2ccnc(NC3CCC(C)CC3)n2)n(-c2cccc(C)c2)c1=O.CN1CCC(Nc2nccc(-c3cn(C4CCOCC4)c(=O)n3-c3cccc(F)c3)n2)CC1.Cc1cccc(-n2c(-c3ccnc(NC4CCN(C)CC4)n3)cn(C3CCOCC3)c2=O)c1. The van der Waals surface area contributed by atoms with Crippen LogP contribution in [0.3, 0.4) is 0 Å². The molecular formula is C104H144F2N22O8. The Bertz CT molecular complexity index is 5830. The van der Waals surface area contributed by atoms with E-state index in [0.29, 0.717) is 135 Å². The smallest absolute Gasteiger partial charge is 0.333 e. The average molecular weight is 1870 g/mol. The van der Waals surface area contributed by atoms with E-state index >= 15 is 0 Å². The quantitative estimate of drug-likeness (QED) is 0.0391. The van der Waals surface area contributed by atoms with Gasteiger partial charge in [-0.3, -0.25) is 36.5 Å². The van der Waals surface area contributed by atoms with Crippen LogP contribution in [-0.2, 0) is 18.9 Å². The number of imidazole rings is 4. The van der Waals surface area contributed by atoms with Crippen LogP contribution in [0.1, 0.15) is 209 Å². The van der Waals surface area contributed by atoms with E-state index in [9.17, 15) is 28.0 Å². The molecule has 6 fully saturated rings. The third-order valence-electron chi connectivity index (χ3n) is 26.0. The van der Waals surface area contributed by atoms with Crippen LogP contribution in [0.15, 0.2) is 190 Å². The lowest BCUT2D eigenvalue weighted by molar-refractivity contribution is 0.0685. The van der Waals surface area contributed by atoms with Crippen LogP contribution in [0.25, 0.3) is 68.3 Å². The molecule has 4 aliphatic heterocycles. The molecule has 32 heteroatoms. The highest BCUT2D eigenvalue weighted by Crippen LogP contribution is 2.34. The van der Waals surface area contributed by atoms with Crippen molar-refractivity contribution in [3.63, 3.8) is 0 Å². The van der Waals surface area contributed by atoms with Gasteiger partial charge in [-0.05, 0) is 299 Å². The predicted molar refractivity (Wildman–Crippen MR) is 539 cm³/mol. The van der Waals surface area contributed by atoms with E-state index in [1.807, 2.05) is 125 Å². The summed E-state index contributed by atoms with van der Waals surface area (Å²) in [7, 11) is 4.28. The van der Waals surface area contributed by atoms with Crippen molar-refractivity contribution in [2.75, 3.05) is 114 Å². The summed E-state index contributed by atoms with van der Waals surface area (Å²) in [6.07, 6.45) is 31.1. The molecule has 2 unspecified atom stereocenters. The van der Waals surface area contributed by atoms with Gasteiger partial charge >= 0.3 is 22.8 Å². The first kappa shape index (κ1) is 105. The van der Waals surface area contributed by atoms with E-state index in [-0.39, 0.29) is 82.5 Å². The van der Waals surface area contributed by atoms with E-state index in [1.54, 1.807) is 99.4 Å². The maximum Gasteiger partial charge on any atom is 0.333 e. The minimum Gasteiger partial charge on any atom is -0.381 e. The molecule has 4 N–H and O–H groups in total. The Hall–Kier alpha value is -11.9. The summed E-state index contributed by atoms with van der Waals surface area (Å²) in [5.74, 6) is 3.13.